The van der Waals surface area contributed by atoms with Crippen molar-refractivity contribution in [2.24, 2.45) is 5.92 Å². The van der Waals surface area contributed by atoms with Gasteiger partial charge < -0.3 is 10.1 Å². The van der Waals surface area contributed by atoms with Crippen LogP contribution in [0.25, 0.3) is 5.69 Å². The number of nitrogens with one attached hydrogen (secondary N) is 2. The molecule has 1 aliphatic heterocycles. The van der Waals surface area contributed by atoms with E-state index in [2.05, 4.69) is 15.1 Å². The lowest BCUT2D eigenvalue weighted by atomic mass is 10.0. The van der Waals surface area contributed by atoms with Gasteiger partial charge in [-0.05, 0) is 44.0 Å². The zero-order chi connectivity index (χ0) is 17.0. The number of hydrogen-bond donors (Lipinski definition) is 2. The van der Waals surface area contributed by atoms with Crippen molar-refractivity contribution < 1.29 is 13.2 Å². The van der Waals surface area contributed by atoms with Crippen LogP contribution < -0.4 is 14.8 Å². The van der Waals surface area contributed by atoms with Gasteiger partial charge in [0, 0.05) is 6.54 Å². The highest BCUT2D eigenvalue weighted by molar-refractivity contribution is 7.89. The fraction of sp³-hybridized carbons (Fsp3) is 0.438. The minimum absolute atomic E-state index is 0.150. The van der Waals surface area contributed by atoms with Crippen LogP contribution in [0.15, 0.2) is 41.6 Å². The summed E-state index contributed by atoms with van der Waals surface area (Å²) in [6.07, 6.45) is 4.97. The van der Waals surface area contributed by atoms with Gasteiger partial charge in [-0.3, -0.25) is 0 Å². The lowest BCUT2D eigenvalue weighted by molar-refractivity contribution is 0.376. The molecule has 24 heavy (non-hydrogen) atoms. The van der Waals surface area contributed by atoms with Gasteiger partial charge in [0.1, 0.15) is 16.3 Å². The Morgan fingerprint density at radius 2 is 2.25 bits per heavy atom. The average Bonchev–Trinajstić information content (AvgIpc) is 3.12. The Labute approximate surface area is 142 Å². The second-order valence-corrected chi connectivity index (χ2v) is 7.62. The highest BCUT2D eigenvalue weighted by atomic mass is 32.2. The molecule has 0 spiro atoms. The summed E-state index contributed by atoms with van der Waals surface area (Å²) in [4.78, 5) is 0.150. The molecule has 1 fully saturated rings. The van der Waals surface area contributed by atoms with Gasteiger partial charge in [-0.1, -0.05) is 12.1 Å². The van der Waals surface area contributed by atoms with Gasteiger partial charge in [0.2, 0.25) is 10.0 Å². The first-order valence-electron chi connectivity index (χ1n) is 7.98. The fourth-order valence-corrected chi connectivity index (χ4v) is 3.85. The van der Waals surface area contributed by atoms with Crippen LogP contribution in [0.2, 0.25) is 0 Å². The molecule has 3 rings (SSSR count). The number of benzene rings is 1. The maximum absolute atomic E-state index is 12.5. The maximum Gasteiger partial charge on any atom is 0.243 e. The Balaban J connectivity index is 1.74. The highest BCUT2D eigenvalue weighted by Crippen LogP contribution is 2.22. The molecule has 0 amide bonds. The summed E-state index contributed by atoms with van der Waals surface area (Å²) in [6.45, 7) is 2.30. The largest absolute Gasteiger partial charge is 0.494 e. The third-order valence-corrected chi connectivity index (χ3v) is 5.54. The number of sulfonamides is 1. The zero-order valence-corrected chi connectivity index (χ0v) is 14.4. The summed E-state index contributed by atoms with van der Waals surface area (Å²) >= 11 is 0. The van der Waals surface area contributed by atoms with E-state index in [0.29, 0.717) is 23.9 Å². The second-order valence-electron chi connectivity index (χ2n) is 5.86. The predicted octanol–water partition coefficient (Wildman–Crippen LogP) is 1.16. The van der Waals surface area contributed by atoms with E-state index in [-0.39, 0.29) is 4.90 Å². The fourth-order valence-electron chi connectivity index (χ4n) is 2.80. The van der Waals surface area contributed by atoms with Crippen LogP contribution in [-0.2, 0) is 10.0 Å². The van der Waals surface area contributed by atoms with Gasteiger partial charge in [0.15, 0.2) is 0 Å². The lowest BCUT2D eigenvalue weighted by Crippen LogP contribution is -2.38. The molecule has 7 nitrogen and oxygen atoms in total. The number of hydrogen-bond acceptors (Lipinski definition) is 5. The van der Waals surface area contributed by atoms with Gasteiger partial charge in [0.05, 0.1) is 19.5 Å². The SMILES string of the molecule is COc1ccccc1-n1cc(S(=O)(=O)NC[C@@H]2CCCNC2)cn1. The van der Waals surface area contributed by atoms with E-state index in [0.717, 1.165) is 25.9 Å². The van der Waals surface area contributed by atoms with Gasteiger partial charge in [-0.25, -0.2) is 17.8 Å². The van der Waals surface area contributed by atoms with Crippen LogP contribution >= 0.6 is 0 Å². The first-order valence-corrected chi connectivity index (χ1v) is 9.47. The second kappa shape index (κ2) is 7.33. The molecule has 2 heterocycles. The lowest BCUT2D eigenvalue weighted by Gasteiger charge is -2.22. The normalized spacial score (nSPS) is 18.5. The Kier molecular flexibility index (Phi) is 5.17. The zero-order valence-electron chi connectivity index (χ0n) is 13.6. The van der Waals surface area contributed by atoms with Crippen molar-refractivity contribution in [1.82, 2.24) is 19.8 Å². The van der Waals surface area contributed by atoms with Gasteiger partial charge in [-0.2, -0.15) is 5.10 Å². The quantitative estimate of drug-likeness (QED) is 0.817. The van der Waals surface area contributed by atoms with Crippen LogP contribution in [0, 0.1) is 5.92 Å². The molecule has 130 valence electrons. The Morgan fingerprint density at radius 1 is 1.42 bits per heavy atom. The molecule has 1 aliphatic rings. The van der Waals surface area contributed by atoms with Crippen molar-refractivity contribution in [3.63, 3.8) is 0 Å². The van der Waals surface area contributed by atoms with E-state index in [1.807, 2.05) is 18.2 Å². The van der Waals surface area contributed by atoms with Crippen LogP contribution in [0.3, 0.4) is 0 Å². The maximum atomic E-state index is 12.5. The van der Waals surface area contributed by atoms with Crippen LogP contribution in [0.5, 0.6) is 5.75 Å². The summed E-state index contributed by atoms with van der Waals surface area (Å²) < 4.78 is 34.4. The van der Waals surface area contributed by atoms with Crippen LogP contribution in [0.4, 0.5) is 0 Å². The number of ether oxygens (including phenoxy) is 1. The topological polar surface area (TPSA) is 85.2 Å². The van der Waals surface area contributed by atoms with Crippen LogP contribution in [-0.4, -0.2) is 44.9 Å². The summed E-state index contributed by atoms with van der Waals surface area (Å²) in [5.74, 6) is 0.962. The van der Waals surface area contributed by atoms with Gasteiger partial charge in [-0.15, -0.1) is 0 Å². The van der Waals surface area contributed by atoms with E-state index < -0.39 is 10.0 Å². The van der Waals surface area contributed by atoms with Crippen molar-refractivity contribution in [2.75, 3.05) is 26.7 Å². The average molecular weight is 350 g/mol. The van der Waals surface area contributed by atoms with Crippen molar-refractivity contribution >= 4 is 10.0 Å². The standard InChI is InChI=1S/C16H22N4O3S/c1-23-16-7-3-2-6-15(16)20-12-14(11-18-20)24(21,22)19-10-13-5-4-8-17-9-13/h2-3,6-7,11-13,17,19H,4-5,8-10H2,1H3/t13-/m1/s1. The van der Waals surface area contributed by atoms with E-state index in [4.69, 9.17) is 4.74 Å². The highest BCUT2D eigenvalue weighted by Gasteiger charge is 2.20. The molecule has 2 N–H and O–H groups in total. The van der Waals surface area contributed by atoms with E-state index in [1.165, 1.54) is 17.1 Å². The number of methoxy groups -OCH3 is 1. The first-order chi connectivity index (χ1) is 11.6. The van der Waals surface area contributed by atoms with Crippen molar-refractivity contribution in [3.8, 4) is 11.4 Å². The molecule has 1 saturated heterocycles. The van der Waals surface area contributed by atoms with Gasteiger partial charge in [0.25, 0.3) is 0 Å². The van der Waals surface area contributed by atoms with Crippen molar-refractivity contribution in [2.45, 2.75) is 17.7 Å². The number of rotatable bonds is 6. The number of nitrogens with zero attached hydrogens (tertiary/aromatic N) is 2. The molecular weight excluding hydrogens is 328 g/mol. The molecule has 2 aromatic rings. The molecule has 1 aromatic carbocycles. The predicted molar refractivity (Wildman–Crippen MR) is 90.9 cm³/mol. The molecule has 1 atom stereocenters. The molecule has 1 aromatic heterocycles. The molecule has 0 saturated carbocycles. The van der Waals surface area contributed by atoms with Crippen molar-refractivity contribution in [3.05, 3.63) is 36.7 Å². The summed E-state index contributed by atoms with van der Waals surface area (Å²) in [5.41, 5.74) is 0.693. The third-order valence-electron chi connectivity index (χ3n) is 4.16. The minimum Gasteiger partial charge on any atom is -0.494 e. The molecule has 8 heteroatoms. The minimum atomic E-state index is -3.57. The summed E-state index contributed by atoms with van der Waals surface area (Å²) in [6, 6.07) is 7.33. The third kappa shape index (κ3) is 3.77. The Morgan fingerprint density at radius 3 is 3.00 bits per heavy atom. The molecule has 0 bridgehead atoms. The molecule has 0 radical (unpaired) electrons. The molecule has 0 unspecified atom stereocenters. The number of para-hydroxylation sites is 2. The van der Waals surface area contributed by atoms with Gasteiger partial charge >= 0.3 is 0 Å². The van der Waals surface area contributed by atoms with E-state index in [1.54, 1.807) is 13.2 Å². The number of piperidine rings is 1. The first kappa shape index (κ1) is 16.9. The summed E-state index contributed by atoms with van der Waals surface area (Å²) in [7, 11) is -2.00. The smallest absolute Gasteiger partial charge is 0.243 e. The Bertz CT molecular complexity index is 782. The monoisotopic (exact) mass is 350 g/mol. The van der Waals surface area contributed by atoms with E-state index >= 15 is 0 Å². The van der Waals surface area contributed by atoms with Crippen molar-refractivity contribution in [1.29, 1.82) is 0 Å². The Hall–Kier alpha value is -1.90. The van der Waals surface area contributed by atoms with Crippen LogP contribution in [0.1, 0.15) is 12.8 Å². The molecule has 0 aliphatic carbocycles. The number of aromatic nitrogens is 2. The molecular formula is C16H22N4O3S. The van der Waals surface area contributed by atoms with E-state index in [9.17, 15) is 8.42 Å². The summed E-state index contributed by atoms with van der Waals surface area (Å²) in [5, 5.41) is 7.45.